The summed E-state index contributed by atoms with van der Waals surface area (Å²) in [5.41, 5.74) is 0. The van der Waals surface area contributed by atoms with Crippen LogP contribution >= 0.6 is 0 Å². The van der Waals surface area contributed by atoms with Crippen molar-refractivity contribution in [2.45, 2.75) is 58.9 Å². The molecule has 0 saturated carbocycles. The molecular weight excluding hydrogens is 333 g/mol. The van der Waals surface area contributed by atoms with Crippen LogP contribution in [0.4, 0.5) is 0 Å². The van der Waals surface area contributed by atoms with Crippen LogP contribution in [0, 0.1) is 4.79 Å². The maximum absolute atomic E-state index is 2.53. The fourth-order valence-corrected chi connectivity index (χ4v) is 30.4. The molecule has 0 aliphatic rings. The molecular formula is C10H29CdOSi3-. The molecule has 5 heteroatoms. The molecule has 0 aromatic carbocycles. The molecule has 0 spiro atoms. The topological polar surface area (TPSA) is 31.5 Å². The number of hydrogen-bond acceptors (Lipinski definition) is 0. The molecule has 0 atom stereocenters. The maximum atomic E-state index is 2.53. The van der Waals surface area contributed by atoms with Crippen molar-refractivity contribution in [3.8, 4) is 0 Å². The van der Waals surface area contributed by atoms with E-state index in [0.29, 0.717) is 0 Å². The van der Waals surface area contributed by atoms with Gasteiger partial charge in [0.15, 0.2) is 0 Å². The van der Waals surface area contributed by atoms with E-state index in [9.17, 15) is 0 Å². The minimum Gasteiger partial charge on any atom is -0.412 e. The maximum Gasteiger partial charge on any atom is 0 e. The SMILES string of the molecule is C[Si](C)(C)[C-]([Si](C)(C)C)[Si](C)(C)C.O.[Cd]. The Bertz CT molecular complexity index is 143. The normalized spacial score (nSPS) is 13.2. The smallest absolute Gasteiger partial charge is 0 e. The molecule has 0 bridgehead atoms. The molecule has 0 aromatic heterocycles. The van der Waals surface area contributed by atoms with E-state index in [1.54, 1.807) is 0 Å². The Morgan fingerprint density at radius 1 is 0.533 bits per heavy atom. The minimum absolute atomic E-state index is 0. The van der Waals surface area contributed by atoms with Crippen LogP contribution in [-0.2, 0) is 27.3 Å². The molecule has 2 N–H and O–H groups in total. The second-order valence-corrected chi connectivity index (χ2v) is 23.6. The molecule has 0 fully saturated rings. The summed E-state index contributed by atoms with van der Waals surface area (Å²) in [6.45, 7) is 22.7. The van der Waals surface area contributed by atoms with Gasteiger partial charge in [-0.3, -0.25) is 0 Å². The Hall–Kier alpha value is 1.53. The van der Waals surface area contributed by atoms with Crippen molar-refractivity contribution in [1.82, 2.24) is 0 Å². The standard InChI is InChI=1S/C10H27Si3.Cd.H2O/c1-11(2,3)10(12(4,5)6)13(7,8)9;;/h1-9H3;;1H2/q-1;;. The largest absolute Gasteiger partial charge is 0.412 e. The summed E-state index contributed by atoms with van der Waals surface area (Å²) in [5, 5.41) is 0. The molecule has 0 unspecified atom stereocenters. The second kappa shape index (κ2) is 6.46. The fourth-order valence-electron chi connectivity index (χ4n) is 3.38. The molecule has 0 aliphatic heterocycles. The van der Waals surface area contributed by atoms with Crippen molar-refractivity contribution < 1.29 is 32.8 Å². The van der Waals surface area contributed by atoms with Crippen LogP contribution in [0.1, 0.15) is 0 Å². The first-order valence-electron chi connectivity index (χ1n) is 5.25. The van der Waals surface area contributed by atoms with Gasteiger partial charge in [0.25, 0.3) is 0 Å². The monoisotopic (exact) mass is 363 g/mol. The number of hydrogen-bond donors (Lipinski definition) is 0. The molecule has 0 aliphatic carbocycles. The van der Waals surface area contributed by atoms with Crippen LogP contribution in [0.2, 0.25) is 58.9 Å². The Labute approximate surface area is 120 Å². The molecule has 0 aromatic rings. The van der Waals surface area contributed by atoms with Crippen molar-refractivity contribution >= 4 is 24.2 Å². The zero-order chi connectivity index (χ0) is 11.1. The number of rotatable bonds is 3. The third-order valence-corrected chi connectivity index (χ3v) is 20.2. The molecule has 90 valence electrons. The Morgan fingerprint density at radius 3 is 0.667 bits per heavy atom. The van der Waals surface area contributed by atoms with Crippen molar-refractivity contribution in [3.05, 3.63) is 4.79 Å². The van der Waals surface area contributed by atoms with Crippen molar-refractivity contribution in [3.63, 3.8) is 0 Å². The molecule has 15 heavy (non-hydrogen) atoms. The first-order chi connectivity index (χ1) is 5.37. The van der Waals surface area contributed by atoms with Gasteiger partial charge in [-0.2, -0.15) is 0 Å². The quantitative estimate of drug-likeness (QED) is 0.545. The van der Waals surface area contributed by atoms with Crippen LogP contribution in [-0.4, -0.2) is 29.7 Å². The fraction of sp³-hybridized carbons (Fsp3) is 0.900. The van der Waals surface area contributed by atoms with Crippen molar-refractivity contribution in [2.24, 2.45) is 0 Å². The summed E-state index contributed by atoms with van der Waals surface area (Å²) in [5.74, 6) is 0. The van der Waals surface area contributed by atoms with E-state index in [0.717, 1.165) is 0 Å². The average molecular weight is 362 g/mol. The van der Waals surface area contributed by atoms with E-state index in [4.69, 9.17) is 0 Å². The molecule has 0 heterocycles. The summed E-state index contributed by atoms with van der Waals surface area (Å²) < 4.78 is 0. The molecule has 0 radical (unpaired) electrons. The summed E-state index contributed by atoms with van der Waals surface area (Å²) in [7, 11) is -3.05. The summed E-state index contributed by atoms with van der Waals surface area (Å²) in [4.78, 5) is 2.06. The van der Waals surface area contributed by atoms with Gasteiger partial charge in [0.1, 0.15) is 0 Å². The van der Waals surface area contributed by atoms with Crippen LogP contribution in [0.3, 0.4) is 0 Å². The Morgan fingerprint density at radius 2 is 0.667 bits per heavy atom. The van der Waals surface area contributed by atoms with Crippen LogP contribution in [0.5, 0.6) is 0 Å². The molecule has 1 nitrogen and oxygen atoms in total. The molecule has 0 rings (SSSR count). The van der Waals surface area contributed by atoms with E-state index < -0.39 is 24.2 Å². The van der Waals surface area contributed by atoms with E-state index in [-0.39, 0.29) is 32.8 Å². The van der Waals surface area contributed by atoms with Crippen molar-refractivity contribution in [1.29, 1.82) is 0 Å². The summed E-state index contributed by atoms with van der Waals surface area (Å²) in [6.07, 6.45) is 0. The van der Waals surface area contributed by atoms with E-state index in [2.05, 4.69) is 63.7 Å². The third-order valence-electron chi connectivity index (χ3n) is 2.25. The minimum atomic E-state index is -1.02. The summed E-state index contributed by atoms with van der Waals surface area (Å²) in [6, 6.07) is 0. The van der Waals surface area contributed by atoms with Gasteiger partial charge in [-0.15, -0.1) is 24.2 Å². The predicted molar refractivity (Wildman–Crippen MR) is 76.9 cm³/mol. The van der Waals surface area contributed by atoms with E-state index in [1.165, 1.54) is 0 Å². The van der Waals surface area contributed by atoms with Gasteiger partial charge in [0, 0.05) is 27.3 Å². The van der Waals surface area contributed by atoms with Crippen molar-refractivity contribution in [2.75, 3.05) is 0 Å². The zero-order valence-corrected chi connectivity index (χ0v) is 19.2. The zero-order valence-electron chi connectivity index (χ0n) is 12.2. The first kappa shape index (κ1) is 21.8. The average Bonchev–Trinajstić information content (AvgIpc) is 1.44. The van der Waals surface area contributed by atoms with Gasteiger partial charge < -0.3 is 10.3 Å². The third kappa shape index (κ3) is 7.46. The predicted octanol–water partition coefficient (Wildman–Crippen LogP) is 3.37. The molecule has 0 amide bonds. The summed E-state index contributed by atoms with van der Waals surface area (Å²) >= 11 is 0. The van der Waals surface area contributed by atoms with Gasteiger partial charge >= 0.3 is 0 Å². The first-order valence-corrected chi connectivity index (χ1v) is 15.8. The Balaban J connectivity index is -0.000000720. The van der Waals surface area contributed by atoms with E-state index in [1.807, 2.05) is 0 Å². The van der Waals surface area contributed by atoms with Gasteiger partial charge in [-0.05, 0) is 0 Å². The second-order valence-electron chi connectivity index (χ2n) is 7.12. The molecule has 0 saturated heterocycles. The van der Waals surface area contributed by atoms with Gasteiger partial charge in [0.2, 0.25) is 0 Å². The van der Waals surface area contributed by atoms with Crippen LogP contribution in [0.15, 0.2) is 0 Å². The van der Waals surface area contributed by atoms with Crippen LogP contribution in [0.25, 0.3) is 0 Å². The van der Waals surface area contributed by atoms with E-state index >= 15 is 0 Å². The van der Waals surface area contributed by atoms with Gasteiger partial charge in [0.05, 0.1) is 0 Å². The van der Waals surface area contributed by atoms with Gasteiger partial charge in [-0.25, -0.2) is 0 Å². The van der Waals surface area contributed by atoms with Gasteiger partial charge in [-0.1, -0.05) is 58.9 Å². The van der Waals surface area contributed by atoms with Crippen LogP contribution < -0.4 is 0 Å². The Kier molecular flexibility index (Phi) is 9.38.